The smallest absolute Gasteiger partial charge is 0.258 e. The van der Waals surface area contributed by atoms with Gasteiger partial charge in [0.2, 0.25) is 0 Å². The summed E-state index contributed by atoms with van der Waals surface area (Å²) in [6.07, 6.45) is -8.06. The molecular weight excluding hydrogens is 239 g/mol. The zero-order chi connectivity index (χ0) is 12.5. The van der Waals surface area contributed by atoms with Gasteiger partial charge in [0.05, 0.1) is 4.92 Å². The summed E-state index contributed by atoms with van der Waals surface area (Å²) in [4.78, 5) is 11.7. The Morgan fingerprint density at radius 2 is 1.94 bits per heavy atom. The monoisotopic (exact) mass is 242 g/mol. The summed E-state index contributed by atoms with van der Waals surface area (Å²) in [5.74, 6) is 0. The Hall–Kier alpha value is -1.80. The molecule has 0 aliphatic carbocycles. The van der Waals surface area contributed by atoms with E-state index < -0.39 is 34.5 Å². The van der Waals surface area contributed by atoms with Crippen LogP contribution in [0.3, 0.4) is 0 Å². The molecular formula is C7H3F5N2O2. The molecule has 0 bridgehead atoms. The topological polar surface area (TPSA) is 56.0 Å². The molecule has 0 amide bonds. The number of halogens is 5. The quantitative estimate of drug-likeness (QED) is 0.455. The number of pyridine rings is 1. The van der Waals surface area contributed by atoms with Crippen LogP contribution in [0.25, 0.3) is 0 Å². The maximum atomic E-state index is 12.3. The second kappa shape index (κ2) is 3.99. The van der Waals surface area contributed by atoms with Gasteiger partial charge in [0, 0.05) is 6.20 Å². The number of aromatic nitrogens is 1. The summed E-state index contributed by atoms with van der Waals surface area (Å²) in [5, 5.41) is 10.3. The lowest BCUT2D eigenvalue weighted by molar-refractivity contribution is -0.389. The van der Waals surface area contributed by atoms with E-state index in [9.17, 15) is 32.1 Å². The predicted octanol–water partition coefficient (Wildman–Crippen LogP) is 2.95. The van der Waals surface area contributed by atoms with Crippen LogP contribution in [-0.2, 0) is 6.18 Å². The lowest BCUT2D eigenvalue weighted by Gasteiger charge is -2.09. The third-order valence-corrected chi connectivity index (χ3v) is 1.65. The van der Waals surface area contributed by atoms with Gasteiger partial charge < -0.3 is 0 Å². The first-order valence-electron chi connectivity index (χ1n) is 3.73. The van der Waals surface area contributed by atoms with Crippen LogP contribution in [-0.4, -0.2) is 9.91 Å². The average Bonchev–Trinajstić information content (AvgIpc) is 2.14. The highest BCUT2D eigenvalue weighted by Gasteiger charge is 2.41. The van der Waals surface area contributed by atoms with E-state index in [2.05, 4.69) is 4.98 Å². The average molecular weight is 242 g/mol. The zero-order valence-electron chi connectivity index (χ0n) is 7.33. The van der Waals surface area contributed by atoms with Gasteiger partial charge >= 0.3 is 11.9 Å². The molecule has 16 heavy (non-hydrogen) atoms. The molecule has 0 fully saturated rings. The molecule has 1 rings (SSSR count). The Bertz CT molecular complexity index is 418. The van der Waals surface area contributed by atoms with Gasteiger partial charge in [-0.25, -0.2) is 13.8 Å². The Morgan fingerprint density at radius 1 is 1.38 bits per heavy atom. The lowest BCUT2D eigenvalue weighted by atomic mass is 10.1. The number of alkyl halides is 5. The largest absolute Gasteiger partial charge is 0.423 e. The minimum absolute atomic E-state index is 0.282. The molecule has 0 spiro atoms. The summed E-state index contributed by atoms with van der Waals surface area (Å²) in [7, 11) is 0. The summed E-state index contributed by atoms with van der Waals surface area (Å²) in [6, 6.07) is 0.282. The fourth-order valence-electron chi connectivity index (χ4n) is 1.05. The van der Waals surface area contributed by atoms with E-state index in [1.54, 1.807) is 0 Å². The van der Waals surface area contributed by atoms with Gasteiger partial charge in [0.15, 0.2) is 5.69 Å². The van der Waals surface area contributed by atoms with Gasteiger partial charge in [0.25, 0.3) is 6.43 Å². The van der Waals surface area contributed by atoms with Crippen LogP contribution in [0.5, 0.6) is 0 Å². The molecule has 4 nitrogen and oxygen atoms in total. The molecule has 88 valence electrons. The molecule has 1 heterocycles. The van der Waals surface area contributed by atoms with Crippen molar-refractivity contribution >= 4 is 5.69 Å². The molecule has 0 atom stereocenters. The zero-order valence-corrected chi connectivity index (χ0v) is 7.33. The molecule has 0 saturated heterocycles. The Labute approximate surface area is 84.9 Å². The van der Waals surface area contributed by atoms with Crippen LogP contribution in [0, 0.1) is 10.1 Å². The van der Waals surface area contributed by atoms with Crippen molar-refractivity contribution in [2.24, 2.45) is 0 Å². The van der Waals surface area contributed by atoms with Gasteiger partial charge in [-0.05, 0) is 6.07 Å². The lowest BCUT2D eigenvalue weighted by Crippen LogP contribution is -2.12. The molecule has 0 unspecified atom stereocenters. The molecule has 0 aliphatic rings. The number of hydrogen-bond acceptors (Lipinski definition) is 3. The highest BCUT2D eigenvalue weighted by Crippen LogP contribution is 2.39. The van der Waals surface area contributed by atoms with Crippen molar-refractivity contribution in [2.75, 3.05) is 0 Å². The van der Waals surface area contributed by atoms with E-state index in [0.29, 0.717) is 6.20 Å². The summed E-state index contributed by atoms with van der Waals surface area (Å²) in [5.41, 5.74) is -4.92. The van der Waals surface area contributed by atoms with Crippen LogP contribution in [0.15, 0.2) is 12.3 Å². The van der Waals surface area contributed by atoms with Crippen molar-refractivity contribution in [3.63, 3.8) is 0 Å². The molecule has 1 aromatic heterocycles. The van der Waals surface area contributed by atoms with Gasteiger partial charge in [-0.1, -0.05) is 0 Å². The van der Waals surface area contributed by atoms with Gasteiger partial charge in [-0.3, -0.25) is 10.1 Å². The SMILES string of the molecule is O=[N+]([O-])c1c(C(F)(F)F)ccnc1C(F)F. The maximum Gasteiger partial charge on any atom is 0.423 e. The fraction of sp³-hybridized carbons (Fsp3) is 0.286. The van der Waals surface area contributed by atoms with Crippen LogP contribution < -0.4 is 0 Å². The molecule has 0 saturated carbocycles. The van der Waals surface area contributed by atoms with E-state index in [-0.39, 0.29) is 6.07 Å². The number of nitro groups is 1. The highest BCUT2D eigenvalue weighted by atomic mass is 19.4. The van der Waals surface area contributed by atoms with E-state index in [1.165, 1.54) is 0 Å². The predicted molar refractivity (Wildman–Crippen MR) is 40.9 cm³/mol. The standard InChI is InChI=1S/C7H3F5N2O2/c8-6(9)4-5(14(15)16)3(1-2-13-4)7(10,11)12/h1-2,6H. The van der Waals surface area contributed by atoms with Gasteiger partial charge in [-0.2, -0.15) is 13.2 Å². The molecule has 0 N–H and O–H groups in total. The van der Waals surface area contributed by atoms with E-state index in [1.807, 2.05) is 0 Å². The Morgan fingerprint density at radius 3 is 2.31 bits per heavy atom. The van der Waals surface area contributed by atoms with Crippen LogP contribution in [0.4, 0.5) is 27.6 Å². The molecule has 9 heteroatoms. The second-order valence-corrected chi connectivity index (χ2v) is 2.65. The Balaban J connectivity index is 3.52. The van der Waals surface area contributed by atoms with Crippen molar-refractivity contribution in [2.45, 2.75) is 12.6 Å². The minimum Gasteiger partial charge on any atom is -0.258 e. The number of rotatable bonds is 2. The van der Waals surface area contributed by atoms with Crippen molar-refractivity contribution < 1.29 is 26.9 Å². The first kappa shape index (κ1) is 12.3. The Kier molecular flexibility index (Phi) is 3.06. The van der Waals surface area contributed by atoms with E-state index in [4.69, 9.17) is 0 Å². The molecule has 0 aliphatic heterocycles. The summed E-state index contributed by atoms with van der Waals surface area (Å²) in [6.45, 7) is 0. The van der Waals surface area contributed by atoms with Gasteiger partial charge in [0.1, 0.15) is 5.56 Å². The third kappa shape index (κ3) is 2.23. The second-order valence-electron chi connectivity index (χ2n) is 2.65. The third-order valence-electron chi connectivity index (χ3n) is 1.65. The first-order chi connectivity index (χ1) is 7.25. The van der Waals surface area contributed by atoms with Crippen molar-refractivity contribution in [3.8, 4) is 0 Å². The van der Waals surface area contributed by atoms with Crippen LogP contribution in [0.1, 0.15) is 17.7 Å². The molecule has 0 aromatic carbocycles. The number of hydrogen-bond donors (Lipinski definition) is 0. The van der Waals surface area contributed by atoms with Gasteiger partial charge in [-0.15, -0.1) is 0 Å². The molecule has 0 radical (unpaired) electrons. The minimum atomic E-state index is -5.07. The fourth-order valence-corrected chi connectivity index (χ4v) is 1.05. The normalized spacial score (nSPS) is 11.9. The van der Waals surface area contributed by atoms with Crippen molar-refractivity contribution in [1.82, 2.24) is 4.98 Å². The van der Waals surface area contributed by atoms with Crippen molar-refractivity contribution in [3.05, 3.63) is 33.6 Å². The summed E-state index contributed by atoms with van der Waals surface area (Å²) < 4.78 is 61.3. The first-order valence-corrected chi connectivity index (χ1v) is 3.73. The van der Waals surface area contributed by atoms with E-state index in [0.717, 1.165) is 0 Å². The highest BCUT2D eigenvalue weighted by molar-refractivity contribution is 5.46. The van der Waals surface area contributed by atoms with Crippen LogP contribution >= 0.6 is 0 Å². The van der Waals surface area contributed by atoms with Crippen LogP contribution in [0.2, 0.25) is 0 Å². The maximum absolute atomic E-state index is 12.3. The number of nitrogens with zero attached hydrogens (tertiary/aromatic N) is 2. The van der Waals surface area contributed by atoms with E-state index >= 15 is 0 Å². The molecule has 1 aromatic rings. The van der Waals surface area contributed by atoms with Crippen molar-refractivity contribution in [1.29, 1.82) is 0 Å². The summed E-state index contributed by atoms with van der Waals surface area (Å²) >= 11 is 0.